The second kappa shape index (κ2) is 11.1. The molecule has 31 heavy (non-hydrogen) atoms. The lowest BCUT2D eigenvalue weighted by Crippen LogP contribution is -2.36. The van der Waals surface area contributed by atoms with Gasteiger partial charge in [-0.15, -0.1) is 0 Å². The largest absolute Gasteiger partial charge is 0.459 e. The molecule has 0 bridgehead atoms. The predicted molar refractivity (Wildman–Crippen MR) is 137 cm³/mol. The number of ether oxygens (including phenoxy) is 1. The van der Waals surface area contributed by atoms with Gasteiger partial charge in [0, 0.05) is 0 Å². The molecule has 2 heteroatoms. The van der Waals surface area contributed by atoms with Gasteiger partial charge in [0.05, 0.1) is 5.92 Å². The molecule has 0 heterocycles. The minimum Gasteiger partial charge on any atom is -0.459 e. The van der Waals surface area contributed by atoms with Crippen LogP contribution in [0.3, 0.4) is 0 Å². The van der Waals surface area contributed by atoms with Gasteiger partial charge < -0.3 is 4.74 Å². The molecule has 2 unspecified atom stereocenters. The number of esters is 1. The predicted octanol–water partition coefficient (Wildman–Crippen LogP) is 9.46. The van der Waals surface area contributed by atoms with Crippen LogP contribution < -0.4 is 0 Å². The Kier molecular flexibility index (Phi) is 10.9. The van der Waals surface area contributed by atoms with E-state index in [1.165, 1.54) is 0 Å². The summed E-state index contributed by atoms with van der Waals surface area (Å²) >= 11 is 0. The van der Waals surface area contributed by atoms with E-state index < -0.39 is 5.60 Å². The van der Waals surface area contributed by atoms with Crippen molar-refractivity contribution in [1.29, 1.82) is 0 Å². The Morgan fingerprint density at radius 1 is 0.774 bits per heavy atom. The van der Waals surface area contributed by atoms with Gasteiger partial charge in [-0.25, -0.2) is 0 Å². The van der Waals surface area contributed by atoms with Gasteiger partial charge in [-0.1, -0.05) is 89.5 Å². The van der Waals surface area contributed by atoms with Crippen molar-refractivity contribution >= 4 is 5.97 Å². The molecule has 0 N–H and O–H groups in total. The molecule has 0 fully saturated rings. The summed E-state index contributed by atoms with van der Waals surface area (Å²) in [7, 11) is 0. The Morgan fingerprint density at radius 3 is 1.71 bits per heavy atom. The molecule has 0 aliphatic carbocycles. The first kappa shape index (κ1) is 30.5. The highest BCUT2D eigenvalue weighted by atomic mass is 16.6. The van der Waals surface area contributed by atoms with Gasteiger partial charge in [-0.3, -0.25) is 4.79 Å². The Hall–Kier alpha value is -0.530. The van der Waals surface area contributed by atoms with Gasteiger partial charge in [0.2, 0.25) is 0 Å². The smallest absolute Gasteiger partial charge is 0.309 e. The molecule has 0 radical (unpaired) electrons. The Bertz CT molecular complexity index is 540. The first-order chi connectivity index (χ1) is 13.6. The lowest BCUT2D eigenvalue weighted by atomic mass is 9.72. The van der Waals surface area contributed by atoms with Crippen LogP contribution in [-0.2, 0) is 9.53 Å². The maximum atomic E-state index is 13.4. The van der Waals surface area contributed by atoms with Gasteiger partial charge in [0.25, 0.3) is 0 Å². The number of hydrogen-bond donors (Lipinski definition) is 0. The van der Waals surface area contributed by atoms with Crippen LogP contribution in [0.1, 0.15) is 142 Å². The average molecular weight is 439 g/mol. The van der Waals surface area contributed by atoms with E-state index in [9.17, 15) is 4.79 Å². The normalized spacial score (nSPS) is 16.2. The summed E-state index contributed by atoms with van der Waals surface area (Å²) in [5.41, 5.74) is 0.552. The van der Waals surface area contributed by atoms with E-state index in [0.717, 1.165) is 44.9 Å². The molecular formula is C29H58O2. The van der Waals surface area contributed by atoms with Crippen LogP contribution in [0.4, 0.5) is 0 Å². The van der Waals surface area contributed by atoms with Crippen LogP contribution in [0.2, 0.25) is 0 Å². The second-order valence-corrected chi connectivity index (χ2v) is 15.1. The van der Waals surface area contributed by atoms with Crippen molar-refractivity contribution < 1.29 is 9.53 Å². The van der Waals surface area contributed by atoms with Crippen molar-refractivity contribution in [2.24, 2.45) is 33.5 Å². The number of carbonyl (C=O) groups is 1. The maximum absolute atomic E-state index is 13.4. The summed E-state index contributed by atoms with van der Waals surface area (Å²) in [5.74, 6) is 0.517. The summed E-state index contributed by atoms with van der Waals surface area (Å²) in [6.07, 6.45) is 7.18. The summed E-state index contributed by atoms with van der Waals surface area (Å²) in [4.78, 5) is 13.4. The van der Waals surface area contributed by atoms with Crippen molar-refractivity contribution in [3.8, 4) is 0 Å². The van der Waals surface area contributed by atoms with Crippen LogP contribution in [0.25, 0.3) is 0 Å². The Labute approximate surface area is 196 Å². The Balaban J connectivity index is 5.39. The summed E-state index contributed by atoms with van der Waals surface area (Å²) < 4.78 is 6.20. The van der Waals surface area contributed by atoms with Crippen molar-refractivity contribution in [3.63, 3.8) is 0 Å². The molecule has 0 aromatic carbocycles. The molecule has 0 aromatic heterocycles. The van der Waals surface area contributed by atoms with Gasteiger partial charge >= 0.3 is 5.97 Å². The third-order valence-electron chi connectivity index (χ3n) is 6.40. The molecule has 0 spiro atoms. The third kappa shape index (κ3) is 15.0. The molecule has 0 aliphatic heterocycles. The van der Waals surface area contributed by atoms with E-state index in [2.05, 4.69) is 96.9 Å². The number of hydrogen-bond acceptors (Lipinski definition) is 2. The maximum Gasteiger partial charge on any atom is 0.309 e. The minimum absolute atomic E-state index is 0.0133. The number of rotatable bonds is 12. The highest BCUT2D eigenvalue weighted by molar-refractivity contribution is 5.72. The van der Waals surface area contributed by atoms with Crippen LogP contribution in [-0.4, -0.2) is 11.6 Å². The molecule has 2 atom stereocenters. The van der Waals surface area contributed by atoms with Gasteiger partial charge in [0.1, 0.15) is 5.60 Å². The molecule has 0 rings (SSSR count). The molecule has 0 saturated heterocycles. The summed E-state index contributed by atoms with van der Waals surface area (Å²) in [5, 5.41) is 0. The fourth-order valence-corrected chi connectivity index (χ4v) is 5.70. The van der Waals surface area contributed by atoms with Crippen molar-refractivity contribution in [2.75, 3.05) is 0 Å². The van der Waals surface area contributed by atoms with Crippen LogP contribution in [0, 0.1) is 33.5 Å². The quantitative estimate of drug-likeness (QED) is 0.283. The van der Waals surface area contributed by atoms with Crippen molar-refractivity contribution in [3.05, 3.63) is 0 Å². The summed E-state index contributed by atoms with van der Waals surface area (Å²) in [6, 6.07) is 0. The van der Waals surface area contributed by atoms with Crippen molar-refractivity contribution in [1.82, 2.24) is 0 Å². The van der Waals surface area contributed by atoms with Gasteiger partial charge in [-0.2, -0.15) is 0 Å². The molecule has 0 amide bonds. The zero-order chi connectivity index (χ0) is 24.9. The molecule has 186 valence electrons. The third-order valence-corrected chi connectivity index (χ3v) is 6.40. The fraction of sp³-hybridized carbons (Fsp3) is 0.966. The first-order valence-electron chi connectivity index (χ1n) is 12.8. The molecular weight excluding hydrogens is 380 g/mol. The van der Waals surface area contributed by atoms with Crippen LogP contribution >= 0.6 is 0 Å². The fourth-order valence-electron chi connectivity index (χ4n) is 5.70. The highest BCUT2D eigenvalue weighted by Crippen LogP contribution is 2.40. The average Bonchev–Trinajstić information content (AvgIpc) is 2.45. The SMILES string of the molecule is CCC(C)(C)CC(C)(C)OC(=O)C(CCC(C)(C)CC(C)(C)C)CC(C)CC(C)(C)C. The zero-order valence-electron chi connectivity index (χ0n) is 23.9. The van der Waals surface area contributed by atoms with Crippen LogP contribution in [0.5, 0.6) is 0 Å². The highest BCUT2D eigenvalue weighted by Gasteiger charge is 2.35. The van der Waals surface area contributed by atoms with E-state index in [1.807, 2.05) is 0 Å². The number of carbonyl (C=O) groups excluding carboxylic acids is 1. The van der Waals surface area contributed by atoms with E-state index in [1.54, 1.807) is 0 Å². The lowest BCUT2D eigenvalue weighted by molar-refractivity contribution is -0.165. The lowest BCUT2D eigenvalue weighted by Gasteiger charge is -2.36. The standard InChI is InChI=1S/C29H58O2/c1-15-27(9,10)21-29(13,14)31-24(30)23(18-22(2)19-25(3,4)5)16-17-28(11,12)20-26(6,7)8/h22-23H,15-21H2,1-14H3. The summed E-state index contributed by atoms with van der Waals surface area (Å²) in [6.45, 7) is 31.7. The topological polar surface area (TPSA) is 26.3 Å². The zero-order valence-corrected chi connectivity index (χ0v) is 23.9. The van der Waals surface area contributed by atoms with E-state index in [4.69, 9.17) is 4.74 Å². The monoisotopic (exact) mass is 438 g/mol. The van der Waals surface area contributed by atoms with Crippen molar-refractivity contribution in [2.45, 2.75) is 147 Å². The van der Waals surface area contributed by atoms with Gasteiger partial charge in [-0.05, 0) is 80.0 Å². The van der Waals surface area contributed by atoms with Gasteiger partial charge in [0.15, 0.2) is 0 Å². The molecule has 0 aromatic rings. The minimum atomic E-state index is -0.428. The van der Waals surface area contributed by atoms with E-state index >= 15 is 0 Å². The molecule has 0 saturated carbocycles. The van der Waals surface area contributed by atoms with E-state index in [0.29, 0.717) is 11.3 Å². The second-order valence-electron chi connectivity index (χ2n) is 15.1. The molecule has 0 aliphatic rings. The Morgan fingerprint density at radius 2 is 1.29 bits per heavy atom. The van der Waals surface area contributed by atoms with Crippen LogP contribution in [0.15, 0.2) is 0 Å². The van der Waals surface area contributed by atoms with E-state index in [-0.39, 0.29) is 28.1 Å². The molecule has 2 nitrogen and oxygen atoms in total. The first-order valence-corrected chi connectivity index (χ1v) is 12.8.